The molecule has 0 spiro atoms. The van der Waals surface area contributed by atoms with Crippen LogP contribution in [-0.2, 0) is 22.5 Å². The van der Waals surface area contributed by atoms with Crippen molar-refractivity contribution in [3.63, 3.8) is 0 Å². The number of hydrogen-bond donors (Lipinski definition) is 3. The minimum absolute atomic E-state index is 0.102. The molecule has 0 aromatic carbocycles. The zero-order valence-corrected chi connectivity index (χ0v) is 13.2. The van der Waals surface area contributed by atoms with E-state index in [1.54, 1.807) is 0 Å². The van der Waals surface area contributed by atoms with Crippen molar-refractivity contribution in [1.82, 2.24) is 20.5 Å². The Bertz CT molecular complexity index is 661. The van der Waals surface area contributed by atoms with E-state index in [9.17, 15) is 14.4 Å². The topological polar surface area (TPSA) is 121 Å². The number of aromatic nitrogens is 1. The molecular formula is C13H16N4O5S. The average molecular weight is 340 g/mol. The first-order valence-corrected chi connectivity index (χ1v) is 7.90. The molecule has 23 heavy (non-hydrogen) atoms. The van der Waals surface area contributed by atoms with Crippen molar-refractivity contribution in [2.24, 2.45) is 0 Å². The average Bonchev–Trinajstić information content (AvgIpc) is 3.04. The first kappa shape index (κ1) is 15.7. The molecule has 1 aromatic rings. The molecule has 0 saturated carbocycles. The summed E-state index contributed by atoms with van der Waals surface area (Å²) in [5.74, 6) is -1.15. The second kappa shape index (κ2) is 6.13. The molecule has 3 N–H and O–H groups in total. The van der Waals surface area contributed by atoms with Crippen molar-refractivity contribution >= 4 is 29.3 Å². The summed E-state index contributed by atoms with van der Waals surface area (Å²) in [7, 11) is 2.00. The van der Waals surface area contributed by atoms with Gasteiger partial charge in [0.2, 0.25) is 0 Å². The highest BCUT2D eigenvalue weighted by molar-refractivity contribution is 7.13. The second-order valence-corrected chi connectivity index (χ2v) is 6.60. The van der Waals surface area contributed by atoms with Crippen LogP contribution in [0.25, 0.3) is 0 Å². The molecule has 0 radical (unpaired) electrons. The quantitative estimate of drug-likeness (QED) is 0.630. The number of amides is 2. The Morgan fingerprint density at radius 3 is 2.96 bits per heavy atom. The molecule has 9 nitrogen and oxygen atoms in total. The number of hydrogen-bond acceptors (Lipinski definition) is 7. The fraction of sp³-hybridized carbons (Fsp3) is 0.538. The maximum absolute atomic E-state index is 12.3. The van der Waals surface area contributed by atoms with Crippen LogP contribution in [0.2, 0.25) is 0 Å². The number of ether oxygens (including phenoxy) is 1. The molecule has 2 atom stereocenters. The summed E-state index contributed by atoms with van der Waals surface area (Å²) in [6, 6.07) is -1.84. The summed E-state index contributed by atoms with van der Waals surface area (Å²) in [6.45, 7) is 1.53. The van der Waals surface area contributed by atoms with Gasteiger partial charge in [0, 0.05) is 24.4 Å². The lowest BCUT2D eigenvalue weighted by molar-refractivity contribution is -0.139. The number of carboxylic acid groups (broad SMARTS) is 1. The molecule has 124 valence electrons. The highest BCUT2D eigenvalue weighted by Crippen LogP contribution is 2.24. The van der Waals surface area contributed by atoms with Gasteiger partial charge in [-0.15, -0.1) is 11.3 Å². The van der Waals surface area contributed by atoms with Gasteiger partial charge in [0.25, 0.3) is 5.91 Å². The maximum Gasteiger partial charge on any atom is 0.405 e. The number of likely N-dealkylation sites (N-methyl/N-ethyl adjacent to an activating group) is 1. The van der Waals surface area contributed by atoms with Crippen LogP contribution in [0.5, 0.6) is 0 Å². The van der Waals surface area contributed by atoms with Gasteiger partial charge in [0.15, 0.2) is 11.0 Å². The number of thiazole rings is 1. The van der Waals surface area contributed by atoms with Crippen LogP contribution in [0.15, 0.2) is 0 Å². The van der Waals surface area contributed by atoms with Crippen LogP contribution in [0.1, 0.15) is 20.4 Å². The summed E-state index contributed by atoms with van der Waals surface area (Å²) in [6.07, 6.45) is -0.495. The van der Waals surface area contributed by atoms with Crippen molar-refractivity contribution in [1.29, 1.82) is 0 Å². The minimum atomic E-state index is -1.28. The molecule has 2 aliphatic rings. The third kappa shape index (κ3) is 3.27. The molecule has 2 aliphatic heterocycles. The van der Waals surface area contributed by atoms with Crippen molar-refractivity contribution in [2.45, 2.75) is 25.0 Å². The molecule has 1 fully saturated rings. The number of fused-ring (bicyclic) bond motifs is 1. The summed E-state index contributed by atoms with van der Waals surface area (Å²) in [4.78, 5) is 42.2. The predicted molar refractivity (Wildman–Crippen MR) is 79.3 cm³/mol. The fourth-order valence-corrected chi connectivity index (χ4v) is 3.68. The lowest BCUT2D eigenvalue weighted by atomic mass is 10.1. The number of cyclic esters (lactones) is 1. The lowest BCUT2D eigenvalue weighted by Crippen LogP contribution is -2.52. The van der Waals surface area contributed by atoms with Gasteiger partial charge >= 0.3 is 12.1 Å². The van der Waals surface area contributed by atoms with Crippen molar-refractivity contribution in [2.75, 3.05) is 20.2 Å². The highest BCUT2D eigenvalue weighted by Gasteiger charge is 2.39. The van der Waals surface area contributed by atoms with Crippen LogP contribution in [0.3, 0.4) is 0 Å². The summed E-state index contributed by atoms with van der Waals surface area (Å²) in [5.41, 5.74) is 0.910. The van der Waals surface area contributed by atoms with Gasteiger partial charge < -0.3 is 25.4 Å². The Kier molecular flexibility index (Phi) is 4.18. The molecule has 0 bridgehead atoms. The zero-order chi connectivity index (χ0) is 16.6. The standard InChI is InChI=1S/C13H16N4O5S/c1-17-3-2-6-8(4-17)23-11(14-6)10(18)16-9-7(15-13(20)21)5-22-12(9)19/h7,9,15H,2-5H2,1H3,(H,16,18)(H,20,21)/t7-,9+/m1/s1. The van der Waals surface area contributed by atoms with Crippen molar-refractivity contribution in [3.8, 4) is 0 Å². The second-order valence-electron chi connectivity index (χ2n) is 5.51. The summed E-state index contributed by atoms with van der Waals surface area (Å²) in [5, 5.41) is 13.7. The van der Waals surface area contributed by atoms with Crippen LogP contribution >= 0.6 is 11.3 Å². The number of carbonyl (C=O) groups excluding carboxylic acids is 2. The Morgan fingerprint density at radius 1 is 1.43 bits per heavy atom. The number of esters is 1. The first-order valence-electron chi connectivity index (χ1n) is 7.08. The number of nitrogens with zero attached hydrogens (tertiary/aromatic N) is 2. The molecule has 3 heterocycles. The molecule has 0 unspecified atom stereocenters. The molecule has 0 aliphatic carbocycles. The fourth-order valence-electron chi connectivity index (χ4n) is 2.59. The highest BCUT2D eigenvalue weighted by atomic mass is 32.1. The first-order chi connectivity index (χ1) is 10.9. The van der Waals surface area contributed by atoms with E-state index in [4.69, 9.17) is 9.84 Å². The van der Waals surface area contributed by atoms with Crippen LogP contribution in [0.4, 0.5) is 4.79 Å². The minimum Gasteiger partial charge on any atom is -0.465 e. The van der Waals surface area contributed by atoms with Gasteiger partial charge in [-0.05, 0) is 7.05 Å². The van der Waals surface area contributed by atoms with E-state index in [-0.39, 0.29) is 11.6 Å². The molecule has 1 aromatic heterocycles. The van der Waals surface area contributed by atoms with E-state index >= 15 is 0 Å². The van der Waals surface area contributed by atoms with Crippen LogP contribution < -0.4 is 10.6 Å². The molecular weight excluding hydrogens is 324 g/mol. The summed E-state index contributed by atoms with van der Waals surface area (Å²) < 4.78 is 4.81. The third-order valence-corrected chi connectivity index (χ3v) is 4.85. The Morgan fingerprint density at radius 2 is 2.22 bits per heavy atom. The lowest BCUT2D eigenvalue weighted by Gasteiger charge is -2.20. The van der Waals surface area contributed by atoms with E-state index in [1.807, 2.05) is 7.05 Å². The monoisotopic (exact) mass is 340 g/mol. The Labute approximate surface area is 135 Å². The van der Waals surface area contributed by atoms with E-state index in [0.29, 0.717) is 0 Å². The normalized spacial score (nSPS) is 24.0. The van der Waals surface area contributed by atoms with E-state index < -0.39 is 30.1 Å². The zero-order valence-electron chi connectivity index (χ0n) is 12.4. The smallest absolute Gasteiger partial charge is 0.405 e. The molecule has 10 heteroatoms. The van der Waals surface area contributed by atoms with Gasteiger partial charge in [-0.1, -0.05) is 0 Å². The van der Waals surface area contributed by atoms with E-state index in [2.05, 4.69) is 20.5 Å². The van der Waals surface area contributed by atoms with E-state index in [1.165, 1.54) is 11.3 Å². The third-order valence-electron chi connectivity index (χ3n) is 3.77. The maximum atomic E-state index is 12.3. The molecule has 1 saturated heterocycles. The van der Waals surface area contributed by atoms with Gasteiger partial charge in [-0.25, -0.2) is 14.6 Å². The van der Waals surface area contributed by atoms with Crippen LogP contribution in [0, 0.1) is 0 Å². The SMILES string of the molecule is CN1CCc2nc(C(=O)N[C@@H]3C(=O)OC[C@H]3NC(=O)O)sc2C1. The largest absolute Gasteiger partial charge is 0.465 e. The molecule has 2 amide bonds. The van der Waals surface area contributed by atoms with Gasteiger partial charge in [-0.2, -0.15) is 0 Å². The number of carbonyl (C=O) groups is 3. The van der Waals surface area contributed by atoms with E-state index in [0.717, 1.165) is 30.1 Å². The van der Waals surface area contributed by atoms with Gasteiger partial charge in [-0.3, -0.25) is 4.79 Å². The molecule has 3 rings (SSSR count). The number of nitrogens with one attached hydrogen (secondary N) is 2. The van der Waals surface area contributed by atoms with Gasteiger partial charge in [0.1, 0.15) is 6.61 Å². The van der Waals surface area contributed by atoms with Crippen molar-refractivity contribution < 1.29 is 24.2 Å². The Balaban J connectivity index is 1.71. The van der Waals surface area contributed by atoms with Crippen molar-refractivity contribution in [3.05, 3.63) is 15.6 Å². The van der Waals surface area contributed by atoms with Gasteiger partial charge in [0.05, 0.1) is 11.7 Å². The predicted octanol–water partition coefficient (Wildman–Crippen LogP) is -0.578. The van der Waals surface area contributed by atoms with Crippen LogP contribution in [-0.4, -0.2) is 65.2 Å². The Hall–Kier alpha value is -2.20. The summed E-state index contributed by atoms with van der Waals surface area (Å²) >= 11 is 1.29. The number of rotatable bonds is 3.